The summed E-state index contributed by atoms with van der Waals surface area (Å²) in [7, 11) is -3.51. The first-order valence-electron chi connectivity index (χ1n) is 5.31. The minimum atomic E-state index is -3.51. The Labute approximate surface area is 107 Å². The quantitative estimate of drug-likeness (QED) is 0.852. The second-order valence-corrected chi connectivity index (χ2v) is 6.07. The van der Waals surface area contributed by atoms with Crippen molar-refractivity contribution in [3.8, 4) is 0 Å². The van der Waals surface area contributed by atoms with E-state index in [0.29, 0.717) is 18.2 Å². The lowest BCUT2D eigenvalue weighted by atomic mass is 10.2. The molecule has 4 nitrogen and oxygen atoms in total. The summed E-state index contributed by atoms with van der Waals surface area (Å²) in [5.74, 6) is 1.11. The van der Waals surface area contributed by atoms with Gasteiger partial charge in [-0.25, -0.2) is 0 Å². The summed E-state index contributed by atoms with van der Waals surface area (Å²) < 4.78 is 27.1. The minimum Gasteiger partial charge on any atom is -0.330 e. The third kappa shape index (κ3) is 2.47. The summed E-state index contributed by atoms with van der Waals surface area (Å²) in [4.78, 5) is 2.13. The maximum Gasteiger partial charge on any atom is 0.285 e. The lowest BCUT2D eigenvalue weighted by molar-refractivity contribution is 0.595. The van der Waals surface area contributed by atoms with Gasteiger partial charge in [0, 0.05) is 6.54 Å². The van der Waals surface area contributed by atoms with E-state index in [1.807, 2.05) is 11.0 Å². The molecule has 1 aromatic rings. The molecule has 6 heteroatoms. The van der Waals surface area contributed by atoms with Gasteiger partial charge in [0.05, 0.1) is 5.69 Å². The van der Waals surface area contributed by atoms with E-state index in [9.17, 15) is 8.42 Å². The molecule has 92 valence electrons. The van der Waals surface area contributed by atoms with Crippen LogP contribution in [0.3, 0.4) is 0 Å². The van der Waals surface area contributed by atoms with Gasteiger partial charge in [0.1, 0.15) is 11.2 Å². The van der Waals surface area contributed by atoms with E-state index >= 15 is 0 Å². The molecule has 1 aliphatic heterocycles. The van der Waals surface area contributed by atoms with Crippen molar-refractivity contribution in [2.45, 2.75) is 11.8 Å². The normalized spacial score (nSPS) is 18.8. The van der Waals surface area contributed by atoms with Gasteiger partial charge in [-0.1, -0.05) is 19.1 Å². The summed E-state index contributed by atoms with van der Waals surface area (Å²) in [6.45, 7) is 2.77. The lowest BCUT2D eigenvalue weighted by Crippen LogP contribution is -2.31. The van der Waals surface area contributed by atoms with Crippen molar-refractivity contribution in [3.05, 3.63) is 24.3 Å². The molecule has 0 aromatic heterocycles. The van der Waals surface area contributed by atoms with E-state index < -0.39 is 10.0 Å². The van der Waals surface area contributed by atoms with Crippen LogP contribution in [-0.4, -0.2) is 27.1 Å². The number of para-hydroxylation sites is 1. The molecule has 1 unspecified atom stereocenters. The number of hydrogen-bond donors (Lipinski definition) is 1. The molecule has 1 aromatic carbocycles. The summed E-state index contributed by atoms with van der Waals surface area (Å²) >= 11 is 4.23. The van der Waals surface area contributed by atoms with Crippen LogP contribution in [0.4, 0.5) is 5.69 Å². The van der Waals surface area contributed by atoms with Crippen LogP contribution in [0.25, 0.3) is 0 Å². The Kier molecular flexibility index (Phi) is 3.44. The largest absolute Gasteiger partial charge is 0.330 e. The Morgan fingerprint density at radius 3 is 2.82 bits per heavy atom. The molecule has 0 N–H and O–H groups in total. The van der Waals surface area contributed by atoms with Gasteiger partial charge in [0.2, 0.25) is 0 Å². The van der Waals surface area contributed by atoms with Gasteiger partial charge in [-0.3, -0.25) is 0 Å². The molecule has 1 aliphatic rings. The zero-order chi connectivity index (χ0) is 12.5. The van der Waals surface area contributed by atoms with E-state index in [-0.39, 0.29) is 4.90 Å². The number of fused-ring (bicyclic) bond motifs is 1. The van der Waals surface area contributed by atoms with Crippen LogP contribution < -0.4 is 4.90 Å². The van der Waals surface area contributed by atoms with Crippen molar-refractivity contribution in [1.82, 2.24) is 0 Å². The first kappa shape index (κ1) is 12.4. The molecule has 0 fully saturated rings. The van der Waals surface area contributed by atoms with Crippen LogP contribution in [0.15, 0.2) is 33.6 Å². The van der Waals surface area contributed by atoms with Gasteiger partial charge in [-0.05, 0) is 23.8 Å². The van der Waals surface area contributed by atoms with Gasteiger partial charge in [-0.2, -0.15) is 21.0 Å². The molecular weight excluding hydrogens is 256 g/mol. The molecule has 0 amide bonds. The summed E-state index contributed by atoms with van der Waals surface area (Å²) in [5, 5.41) is 0. The van der Waals surface area contributed by atoms with Crippen LogP contribution in [0, 0.1) is 5.92 Å². The van der Waals surface area contributed by atoms with Crippen molar-refractivity contribution >= 4 is 34.7 Å². The second kappa shape index (κ2) is 4.70. The highest BCUT2D eigenvalue weighted by molar-refractivity contribution is 7.90. The summed E-state index contributed by atoms with van der Waals surface area (Å²) in [6.07, 6.45) is 1.39. The zero-order valence-electron chi connectivity index (χ0n) is 9.44. The Morgan fingerprint density at radius 2 is 2.12 bits per heavy atom. The third-order valence-corrected chi connectivity index (χ3v) is 4.49. The van der Waals surface area contributed by atoms with Crippen LogP contribution in [0.2, 0.25) is 0 Å². The minimum absolute atomic E-state index is 0.272. The van der Waals surface area contributed by atoms with E-state index in [2.05, 4.69) is 24.0 Å². The van der Waals surface area contributed by atoms with Gasteiger partial charge >= 0.3 is 0 Å². The van der Waals surface area contributed by atoms with E-state index in [0.717, 1.165) is 5.75 Å². The highest BCUT2D eigenvalue weighted by atomic mass is 32.2. The average molecular weight is 270 g/mol. The highest BCUT2D eigenvalue weighted by Crippen LogP contribution is 2.29. The van der Waals surface area contributed by atoms with Crippen molar-refractivity contribution in [2.24, 2.45) is 10.3 Å². The van der Waals surface area contributed by atoms with Crippen LogP contribution >= 0.6 is 12.6 Å². The summed E-state index contributed by atoms with van der Waals surface area (Å²) in [6, 6.07) is 6.91. The second-order valence-electron chi connectivity index (χ2n) is 4.10. The molecular formula is C11H14N2O2S2. The van der Waals surface area contributed by atoms with E-state index in [4.69, 9.17) is 0 Å². The molecule has 17 heavy (non-hydrogen) atoms. The van der Waals surface area contributed by atoms with Crippen LogP contribution in [0.1, 0.15) is 6.92 Å². The third-order valence-electron chi connectivity index (χ3n) is 2.60. The number of rotatable bonds is 3. The molecule has 0 radical (unpaired) electrons. The molecule has 2 rings (SSSR count). The monoisotopic (exact) mass is 270 g/mol. The zero-order valence-corrected chi connectivity index (χ0v) is 11.2. The molecule has 1 heterocycles. The maximum atomic E-state index is 11.7. The maximum absolute atomic E-state index is 11.7. The first-order chi connectivity index (χ1) is 8.04. The van der Waals surface area contributed by atoms with Crippen LogP contribution in [0.5, 0.6) is 0 Å². The number of thiol groups is 1. The van der Waals surface area contributed by atoms with Crippen molar-refractivity contribution in [3.63, 3.8) is 0 Å². The number of anilines is 1. The number of hydrogen-bond acceptors (Lipinski definition) is 4. The van der Waals surface area contributed by atoms with Gasteiger partial charge in [0.25, 0.3) is 10.0 Å². The molecule has 1 atom stereocenters. The number of nitrogens with zero attached hydrogens (tertiary/aromatic N) is 2. The highest BCUT2D eigenvalue weighted by Gasteiger charge is 2.25. The topological polar surface area (TPSA) is 49.7 Å². The average Bonchev–Trinajstić information content (AvgIpc) is 2.33. The Hall–Kier alpha value is -1.01. The fourth-order valence-corrected chi connectivity index (χ4v) is 2.86. The predicted molar refractivity (Wildman–Crippen MR) is 72.5 cm³/mol. The fourth-order valence-electron chi connectivity index (χ4n) is 1.69. The molecule has 0 spiro atoms. The molecule has 0 aliphatic carbocycles. The van der Waals surface area contributed by atoms with E-state index in [1.54, 1.807) is 18.2 Å². The number of benzene rings is 1. The van der Waals surface area contributed by atoms with Crippen molar-refractivity contribution in [2.75, 3.05) is 17.2 Å². The number of sulfonamides is 1. The Bertz CT molecular complexity index is 540. The fraction of sp³-hybridized carbons (Fsp3) is 0.364. The van der Waals surface area contributed by atoms with Crippen LogP contribution in [-0.2, 0) is 10.0 Å². The molecule has 0 bridgehead atoms. The molecule has 0 saturated heterocycles. The standard InChI is InChI=1S/C11H14N2O2S2/c1-9(7-16)6-13-8-12-17(14,15)11-5-3-2-4-10(11)13/h2-5,8-9,16H,6-7H2,1H3. The van der Waals surface area contributed by atoms with Gasteiger partial charge in [-0.15, -0.1) is 4.40 Å². The first-order valence-corrected chi connectivity index (χ1v) is 7.39. The lowest BCUT2D eigenvalue weighted by Gasteiger charge is -2.27. The van der Waals surface area contributed by atoms with Gasteiger partial charge < -0.3 is 4.90 Å². The van der Waals surface area contributed by atoms with Crippen molar-refractivity contribution < 1.29 is 8.42 Å². The Balaban J connectivity index is 2.40. The van der Waals surface area contributed by atoms with Gasteiger partial charge in [0.15, 0.2) is 0 Å². The van der Waals surface area contributed by atoms with E-state index in [1.165, 1.54) is 6.34 Å². The predicted octanol–water partition coefficient (Wildman–Crippen LogP) is 1.79. The summed E-state index contributed by atoms with van der Waals surface area (Å²) in [5.41, 5.74) is 0.691. The molecule has 0 saturated carbocycles. The smallest absolute Gasteiger partial charge is 0.285 e. The Morgan fingerprint density at radius 1 is 1.41 bits per heavy atom. The SMILES string of the molecule is CC(CS)CN1C=NS(=O)(=O)c2ccccc21. The van der Waals surface area contributed by atoms with Crippen molar-refractivity contribution in [1.29, 1.82) is 0 Å².